The van der Waals surface area contributed by atoms with Gasteiger partial charge in [-0.25, -0.2) is 4.98 Å². The minimum atomic E-state index is -0.252. The van der Waals surface area contributed by atoms with Crippen molar-refractivity contribution in [2.24, 2.45) is 7.05 Å². The first-order valence-corrected chi connectivity index (χ1v) is 10.8. The van der Waals surface area contributed by atoms with Crippen LogP contribution in [0.4, 0.5) is 0 Å². The van der Waals surface area contributed by atoms with Crippen LogP contribution in [0, 0.1) is 0 Å². The quantitative estimate of drug-likeness (QED) is 0.540. The minimum absolute atomic E-state index is 0.0759. The number of para-hydroxylation sites is 1. The minimum Gasteiger partial charge on any atom is -0.332 e. The van der Waals surface area contributed by atoms with E-state index in [1.54, 1.807) is 17.7 Å². The molecule has 2 unspecified atom stereocenters. The molecule has 1 aromatic heterocycles. The fourth-order valence-corrected chi connectivity index (χ4v) is 4.17. The van der Waals surface area contributed by atoms with Gasteiger partial charge in [0, 0.05) is 13.6 Å². The van der Waals surface area contributed by atoms with Gasteiger partial charge >= 0.3 is 0 Å². The molecule has 30 heavy (non-hydrogen) atoms. The third-order valence-electron chi connectivity index (χ3n) is 5.73. The molecular formula is C25H31N3O2. The van der Waals surface area contributed by atoms with E-state index in [0.717, 1.165) is 18.4 Å². The maximum Gasteiger partial charge on any atom is 0.261 e. The standard InChI is InChI=1S/C25H31N3O2/c1-5-17-28(25(30)19(6-2)18-13-9-8-10-14-18)22(7-3)23-26-21-16-12-11-15-20(21)24(29)27(23)4/h8-16,19,22H,5-7,17H2,1-4H3. The van der Waals surface area contributed by atoms with Crippen molar-refractivity contribution in [3.8, 4) is 0 Å². The number of nitrogens with zero attached hydrogens (tertiary/aromatic N) is 3. The van der Waals surface area contributed by atoms with Gasteiger partial charge in [0.15, 0.2) is 0 Å². The van der Waals surface area contributed by atoms with Gasteiger partial charge in [-0.3, -0.25) is 14.2 Å². The van der Waals surface area contributed by atoms with Gasteiger partial charge in [0.05, 0.1) is 22.9 Å². The molecule has 1 amide bonds. The van der Waals surface area contributed by atoms with Crippen molar-refractivity contribution in [3.63, 3.8) is 0 Å². The van der Waals surface area contributed by atoms with Crippen LogP contribution in [0.25, 0.3) is 10.9 Å². The van der Waals surface area contributed by atoms with Gasteiger partial charge in [0.25, 0.3) is 5.56 Å². The molecule has 0 saturated carbocycles. The van der Waals surface area contributed by atoms with Crippen LogP contribution in [0.1, 0.15) is 63.4 Å². The summed E-state index contributed by atoms with van der Waals surface area (Å²) in [5, 5.41) is 0.600. The zero-order chi connectivity index (χ0) is 21.7. The number of carbonyl (C=O) groups is 1. The van der Waals surface area contributed by atoms with Crippen LogP contribution < -0.4 is 5.56 Å². The van der Waals surface area contributed by atoms with Crippen molar-refractivity contribution >= 4 is 16.8 Å². The number of hydrogen-bond donors (Lipinski definition) is 0. The van der Waals surface area contributed by atoms with Crippen molar-refractivity contribution < 1.29 is 4.79 Å². The Morgan fingerprint density at radius 2 is 1.67 bits per heavy atom. The highest BCUT2D eigenvalue weighted by Gasteiger charge is 2.31. The first-order chi connectivity index (χ1) is 14.5. The van der Waals surface area contributed by atoms with Crippen molar-refractivity contribution in [2.45, 2.75) is 52.0 Å². The average Bonchev–Trinajstić information content (AvgIpc) is 2.78. The number of aromatic nitrogens is 2. The van der Waals surface area contributed by atoms with Crippen LogP contribution in [-0.4, -0.2) is 26.9 Å². The van der Waals surface area contributed by atoms with Gasteiger partial charge in [-0.1, -0.05) is 63.2 Å². The molecule has 0 radical (unpaired) electrons. The normalized spacial score (nSPS) is 13.2. The van der Waals surface area contributed by atoms with Gasteiger partial charge < -0.3 is 4.90 Å². The zero-order valence-electron chi connectivity index (χ0n) is 18.3. The van der Waals surface area contributed by atoms with E-state index in [-0.39, 0.29) is 23.4 Å². The Balaban J connectivity index is 2.08. The molecule has 0 bridgehead atoms. The van der Waals surface area contributed by atoms with Crippen molar-refractivity contribution in [1.82, 2.24) is 14.5 Å². The van der Waals surface area contributed by atoms with Gasteiger partial charge in [-0.2, -0.15) is 0 Å². The Morgan fingerprint density at radius 1 is 1.00 bits per heavy atom. The lowest BCUT2D eigenvalue weighted by molar-refractivity contribution is -0.135. The van der Waals surface area contributed by atoms with Crippen LogP contribution in [0.3, 0.4) is 0 Å². The second kappa shape index (κ2) is 9.70. The topological polar surface area (TPSA) is 55.2 Å². The van der Waals surface area contributed by atoms with Gasteiger partial charge in [0.2, 0.25) is 5.91 Å². The van der Waals surface area contributed by atoms with E-state index < -0.39 is 0 Å². The van der Waals surface area contributed by atoms with E-state index >= 15 is 0 Å². The molecule has 0 spiro atoms. The Morgan fingerprint density at radius 3 is 2.30 bits per heavy atom. The van der Waals surface area contributed by atoms with Crippen molar-refractivity contribution in [3.05, 3.63) is 76.3 Å². The van der Waals surface area contributed by atoms with Gasteiger partial charge in [0.1, 0.15) is 5.82 Å². The van der Waals surface area contributed by atoms with Gasteiger partial charge in [-0.15, -0.1) is 0 Å². The highest BCUT2D eigenvalue weighted by Crippen LogP contribution is 2.29. The van der Waals surface area contributed by atoms with Crippen molar-refractivity contribution in [1.29, 1.82) is 0 Å². The molecule has 0 aliphatic carbocycles. The Bertz CT molecular complexity index is 1060. The number of fused-ring (bicyclic) bond motifs is 1. The average molecular weight is 406 g/mol. The summed E-state index contributed by atoms with van der Waals surface area (Å²) >= 11 is 0. The molecule has 5 heteroatoms. The van der Waals surface area contributed by atoms with E-state index in [2.05, 4.69) is 6.92 Å². The molecule has 5 nitrogen and oxygen atoms in total. The Hall–Kier alpha value is -2.95. The fourth-order valence-electron chi connectivity index (χ4n) is 4.17. The molecule has 1 heterocycles. The zero-order valence-corrected chi connectivity index (χ0v) is 18.3. The van der Waals surface area contributed by atoms with Gasteiger partial charge in [-0.05, 0) is 37.0 Å². The molecule has 158 valence electrons. The number of rotatable bonds is 8. The molecule has 0 aliphatic heterocycles. The summed E-state index contributed by atoms with van der Waals surface area (Å²) < 4.78 is 1.61. The maximum atomic E-state index is 13.7. The predicted octanol–water partition coefficient (Wildman–Crippen LogP) is 4.82. The van der Waals surface area contributed by atoms with E-state index in [1.807, 2.05) is 67.3 Å². The second-order valence-electron chi connectivity index (χ2n) is 7.68. The molecule has 2 atom stereocenters. The molecule has 3 rings (SSSR count). The summed E-state index contributed by atoms with van der Waals surface area (Å²) in [6.07, 6.45) is 2.26. The lowest BCUT2D eigenvalue weighted by Gasteiger charge is -2.34. The summed E-state index contributed by atoms with van der Waals surface area (Å²) in [4.78, 5) is 33.4. The molecule has 3 aromatic rings. The summed E-state index contributed by atoms with van der Waals surface area (Å²) in [7, 11) is 1.75. The summed E-state index contributed by atoms with van der Waals surface area (Å²) in [5.74, 6) is 0.537. The van der Waals surface area contributed by atoms with Crippen LogP contribution in [0.2, 0.25) is 0 Å². The molecule has 0 aliphatic rings. The molecule has 2 aromatic carbocycles. The van der Waals surface area contributed by atoms with E-state index in [9.17, 15) is 9.59 Å². The summed E-state index contributed by atoms with van der Waals surface area (Å²) in [6.45, 7) is 6.79. The van der Waals surface area contributed by atoms with E-state index in [0.29, 0.717) is 29.7 Å². The lowest BCUT2D eigenvalue weighted by Crippen LogP contribution is -2.41. The van der Waals surface area contributed by atoms with E-state index in [1.165, 1.54) is 0 Å². The monoisotopic (exact) mass is 405 g/mol. The number of carbonyl (C=O) groups excluding carboxylic acids is 1. The highest BCUT2D eigenvalue weighted by atomic mass is 16.2. The summed E-state index contributed by atoms with van der Waals surface area (Å²) in [6, 6.07) is 17.1. The number of amides is 1. The number of hydrogen-bond acceptors (Lipinski definition) is 3. The second-order valence-corrected chi connectivity index (χ2v) is 7.68. The third kappa shape index (κ3) is 4.16. The van der Waals surface area contributed by atoms with Crippen LogP contribution in [-0.2, 0) is 11.8 Å². The first kappa shape index (κ1) is 21.8. The van der Waals surface area contributed by atoms with Crippen LogP contribution >= 0.6 is 0 Å². The Labute approximate surface area is 178 Å². The van der Waals surface area contributed by atoms with E-state index in [4.69, 9.17) is 4.98 Å². The smallest absolute Gasteiger partial charge is 0.261 e. The lowest BCUT2D eigenvalue weighted by atomic mass is 9.94. The largest absolute Gasteiger partial charge is 0.332 e. The Kier molecular flexibility index (Phi) is 7.03. The van der Waals surface area contributed by atoms with Crippen molar-refractivity contribution in [2.75, 3.05) is 6.54 Å². The SMILES string of the molecule is CCCN(C(=O)C(CC)c1ccccc1)C(CC)c1nc2ccccc2c(=O)n1C. The number of benzene rings is 2. The predicted molar refractivity (Wildman–Crippen MR) is 121 cm³/mol. The maximum absolute atomic E-state index is 13.7. The molecule has 0 fully saturated rings. The molecular weight excluding hydrogens is 374 g/mol. The molecule has 0 N–H and O–H groups in total. The highest BCUT2D eigenvalue weighted by molar-refractivity contribution is 5.84. The molecule has 0 saturated heterocycles. The summed E-state index contributed by atoms with van der Waals surface area (Å²) in [5.41, 5.74) is 1.63. The fraction of sp³-hybridized carbons (Fsp3) is 0.400. The first-order valence-electron chi connectivity index (χ1n) is 10.8. The van der Waals surface area contributed by atoms with Crippen LogP contribution in [0.5, 0.6) is 0 Å². The third-order valence-corrected chi connectivity index (χ3v) is 5.73. The van der Waals surface area contributed by atoms with Crippen LogP contribution in [0.15, 0.2) is 59.4 Å².